The van der Waals surface area contributed by atoms with Crippen molar-refractivity contribution in [2.45, 2.75) is 28.9 Å². The Bertz CT molecular complexity index is 1050. The minimum absolute atomic E-state index is 0.00302. The summed E-state index contributed by atoms with van der Waals surface area (Å²) in [6.45, 7) is 1.79. The van der Waals surface area contributed by atoms with Gasteiger partial charge in [-0.05, 0) is 30.7 Å². The molecule has 1 N–H and O–H groups in total. The summed E-state index contributed by atoms with van der Waals surface area (Å²) in [6, 6.07) is 16.2. The molecule has 0 aliphatic carbocycles. The molecule has 0 saturated heterocycles. The molecule has 0 fully saturated rings. The molecule has 0 saturated carbocycles. The fourth-order valence-corrected chi connectivity index (χ4v) is 5.67. The van der Waals surface area contributed by atoms with Gasteiger partial charge < -0.3 is 0 Å². The second-order valence-corrected chi connectivity index (χ2v) is 10.1. The van der Waals surface area contributed by atoms with Crippen LogP contribution >= 0.6 is 23.1 Å². The van der Waals surface area contributed by atoms with Crippen LogP contribution < -0.4 is 5.32 Å². The molecule has 3 aromatic rings. The minimum Gasteiger partial charge on any atom is -0.296 e. The first-order valence-electron chi connectivity index (χ1n) is 8.63. The number of nitrogens with zero attached hydrogens (tertiary/aromatic N) is 2. The zero-order valence-electron chi connectivity index (χ0n) is 15.2. The van der Waals surface area contributed by atoms with Crippen LogP contribution in [-0.4, -0.2) is 30.3 Å². The van der Waals surface area contributed by atoms with E-state index in [1.54, 1.807) is 30.8 Å². The highest BCUT2D eigenvalue weighted by atomic mass is 32.2. The van der Waals surface area contributed by atoms with Gasteiger partial charge in [-0.15, -0.1) is 22.0 Å². The van der Waals surface area contributed by atoms with E-state index in [2.05, 4.69) is 15.5 Å². The number of sulfone groups is 1. The van der Waals surface area contributed by atoms with Crippen LogP contribution in [0, 0.1) is 0 Å². The normalized spacial score (nSPS) is 11.3. The van der Waals surface area contributed by atoms with Gasteiger partial charge in [0.15, 0.2) is 9.84 Å². The largest absolute Gasteiger partial charge is 0.296 e. The molecule has 3 rings (SSSR count). The molecule has 1 aromatic heterocycles. The highest BCUT2D eigenvalue weighted by molar-refractivity contribution is 7.98. The lowest BCUT2D eigenvalue weighted by Gasteiger charge is -2.09. The molecular formula is C19H19N3O3S3. The molecule has 2 aromatic carbocycles. The number of amides is 1. The molecule has 0 spiro atoms. The monoisotopic (exact) mass is 433 g/mol. The summed E-state index contributed by atoms with van der Waals surface area (Å²) in [5.41, 5.74) is 0.117. The molecule has 6 nitrogen and oxygen atoms in total. The highest BCUT2D eigenvalue weighted by Crippen LogP contribution is 2.26. The van der Waals surface area contributed by atoms with Gasteiger partial charge in [-0.25, -0.2) is 8.42 Å². The summed E-state index contributed by atoms with van der Waals surface area (Å²) in [4.78, 5) is 13.8. The number of anilines is 1. The SMILES string of the molecule is CCCS(=O)(=O)c1ccccc1C(=O)Nc1nnc(CSc2ccccc2)s1. The fourth-order valence-electron chi connectivity index (χ4n) is 2.49. The van der Waals surface area contributed by atoms with E-state index in [0.717, 1.165) is 9.90 Å². The Hall–Kier alpha value is -2.23. The second kappa shape index (κ2) is 9.31. The predicted octanol–water partition coefficient (Wildman–Crippen LogP) is 4.27. The lowest BCUT2D eigenvalue weighted by Crippen LogP contribution is -2.17. The molecule has 28 heavy (non-hydrogen) atoms. The third kappa shape index (κ3) is 5.18. The number of hydrogen-bond acceptors (Lipinski definition) is 7. The Morgan fingerprint density at radius 1 is 1.07 bits per heavy atom. The van der Waals surface area contributed by atoms with E-state index in [1.165, 1.54) is 23.5 Å². The maximum atomic E-state index is 12.6. The number of carbonyl (C=O) groups excluding carboxylic acids is 1. The zero-order chi connectivity index (χ0) is 20.0. The molecular weight excluding hydrogens is 414 g/mol. The Labute approximate surface area is 172 Å². The number of hydrogen-bond donors (Lipinski definition) is 1. The van der Waals surface area contributed by atoms with Gasteiger partial charge in [-0.3, -0.25) is 10.1 Å². The van der Waals surface area contributed by atoms with Gasteiger partial charge in [0.2, 0.25) is 5.13 Å². The Morgan fingerprint density at radius 3 is 2.54 bits per heavy atom. The first-order chi connectivity index (χ1) is 13.5. The molecule has 0 aliphatic rings. The molecule has 1 heterocycles. The van der Waals surface area contributed by atoms with Crippen molar-refractivity contribution in [1.82, 2.24) is 10.2 Å². The van der Waals surface area contributed by atoms with Crippen LogP contribution in [0.15, 0.2) is 64.4 Å². The predicted molar refractivity (Wildman–Crippen MR) is 113 cm³/mol. The summed E-state index contributed by atoms with van der Waals surface area (Å²) < 4.78 is 24.9. The van der Waals surface area contributed by atoms with E-state index in [0.29, 0.717) is 17.3 Å². The third-order valence-corrected chi connectivity index (χ3v) is 7.75. The van der Waals surface area contributed by atoms with Crippen molar-refractivity contribution in [1.29, 1.82) is 0 Å². The molecule has 0 atom stereocenters. The van der Waals surface area contributed by atoms with E-state index in [-0.39, 0.29) is 16.2 Å². The van der Waals surface area contributed by atoms with Crippen LogP contribution in [0.3, 0.4) is 0 Å². The highest BCUT2D eigenvalue weighted by Gasteiger charge is 2.22. The van der Waals surface area contributed by atoms with Crippen molar-refractivity contribution in [3.8, 4) is 0 Å². The number of carbonyl (C=O) groups is 1. The topological polar surface area (TPSA) is 89.0 Å². The number of benzene rings is 2. The van der Waals surface area contributed by atoms with Gasteiger partial charge in [0, 0.05) is 4.90 Å². The Kier molecular flexibility index (Phi) is 6.82. The van der Waals surface area contributed by atoms with Crippen molar-refractivity contribution in [3.05, 3.63) is 65.2 Å². The van der Waals surface area contributed by atoms with E-state index in [9.17, 15) is 13.2 Å². The van der Waals surface area contributed by atoms with Gasteiger partial charge in [0.25, 0.3) is 5.91 Å². The lowest BCUT2D eigenvalue weighted by atomic mass is 10.2. The summed E-state index contributed by atoms with van der Waals surface area (Å²) in [5, 5.41) is 11.9. The second-order valence-electron chi connectivity index (χ2n) is 5.87. The Morgan fingerprint density at radius 2 is 1.79 bits per heavy atom. The summed E-state index contributed by atoms with van der Waals surface area (Å²) in [6.07, 6.45) is 0.483. The average molecular weight is 434 g/mol. The zero-order valence-corrected chi connectivity index (χ0v) is 17.6. The quantitative estimate of drug-likeness (QED) is 0.534. The van der Waals surface area contributed by atoms with Crippen molar-refractivity contribution >= 4 is 44.0 Å². The standard InChI is InChI=1S/C19H19N3O3S3/c1-2-12-28(24,25)16-11-7-6-10-15(16)18(23)20-19-22-21-17(27-19)13-26-14-8-4-3-5-9-14/h3-11H,2,12-13H2,1H3,(H,20,22,23). The molecule has 9 heteroatoms. The molecule has 146 valence electrons. The fraction of sp³-hybridized carbons (Fsp3) is 0.211. The number of aromatic nitrogens is 2. The number of rotatable bonds is 8. The van der Waals surface area contributed by atoms with E-state index < -0.39 is 15.7 Å². The van der Waals surface area contributed by atoms with Gasteiger partial charge >= 0.3 is 0 Å². The summed E-state index contributed by atoms with van der Waals surface area (Å²) in [5.74, 6) is 0.129. The van der Waals surface area contributed by atoms with Crippen LogP contribution in [-0.2, 0) is 15.6 Å². The molecule has 0 unspecified atom stereocenters. The van der Waals surface area contributed by atoms with Crippen LogP contribution in [0.1, 0.15) is 28.7 Å². The van der Waals surface area contributed by atoms with Crippen molar-refractivity contribution in [2.75, 3.05) is 11.1 Å². The van der Waals surface area contributed by atoms with Crippen LogP contribution in [0.4, 0.5) is 5.13 Å². The maximum absolute atomic E-state index is 12.6. The smallest absolute Gasteiger partial charge is 0.258 e. The van der Waals surface area contributed by atoms with Crippen LogP contribution in [0.25, 0.3) is 0 Å². The van der Waals surface area contributed by atoms with Crippen molar-refractivity contribution < 1.29 is 13.2 Å². The first-order valence-corrected chi connectivity index (χ1v) is 12.1. The van der Waals surface area contributed by atoms with Gasteiger partial charge in [0.05, 0.1) is 22.0 Å². The van der Waals surface area contributed by atoms with Crippen molar-refractivity contribution in [2.24, 2.45) is 0 Å². The third-order valence-electron chi connectivity index (χ3n) is 3.73. The number of thioether (sulfide) groups is 1. The maximum Gasteiger partial charge on any atom is 0.258 e. The molecule has 1 amide bonds. The van der Waals surface area contributed by atoms with Crippen LogP contribution in [0.2, 0.25) is 0 Å². The molecule has 0 bridgehead atoms. The van der Waals surface area contributed by atoms with E-state index >= 15 is 0 Å². The average Bonchev–Trinajstić information content (AvgIpc) is 3.14. The summed E-state index contributed by atoms with van der Waals surface area (Å²) in [7, 11) is -3.51. The van der Waals surface area contributed by atoms with Crippen molar-refractivity contribution in [3.63, 3.8) is 0 Å². The first kappa shape index (κ1) is 20.5. The lowest BCUT2D eigenvalue weighted by molar-refractivity contribution is 0.102. The Balaban J connectivity index is 1.70. The van der Waals surface area contributed by atoms with Gasteiger partial charge in [0.1, 0.15) is 5.01 Å². The minimum atomic E-state index is -3.51. The van der Waals surface area contributed by atoms with Gasteiger partial charge in [-0.1, -0.05) is 48.6 Å². The van der Waals surface area contributed by atoms with Gasteiger partial charge in [-0.2, -0.15) is 0 Å². The van der Waals surface area contributed by atoms with Crippen LogP contribution in [0.5, 0.6) is 0 Å². The molecule has 0 radical (unpaired) electrons. The summed E-state index contributed by atoms with van der Waals surface area (Å²) >= 11 is 2.90. The molecule has 0 aliphatic heterocycles. The van der Waals surface area contributed by atoms with E-state index in [1.807, 2.05) is 30.3 Å². The number of nitrogens with one attached hydrogen (secondary N) is 1. The van der Waals surface area contributed by atoms with E-state index in [4.69, 9.17) is 0 Å².